The number of pyridine rings is 4. The fourth-order valence-electron chi connectivity index (χ4n) is 18.5. The van der Waals surface area contributed by atoms with E-state index in [1.807, 2.05) is 260 Å². The van der Waals surface area contributed by atoms with Crippen LogP contribution in [0.3, 0.4) is 0 Å². The first-order valence-corrected chi connectivity index (χ1v) is 45.0. The van der Waals surface area contributed by atoms with Crippen LogP contribution in [0.2, 0.25) is 0 Å². The van der Waals surface area contributed by atoms with E-state index in [-0.39, 0.29) is 34.3 Å². The molecule has 12 nitrogen and oxygen atoms in total. The number of fused-ring (bicyclic) bond motifs is 12. The SMILES string of the molecule is [2H]C(C)(C)c1ccc(-c2c(C)ccc3c2oc2c(-c4ccccc4)c([N+]#[C-])ccc23)[n+](C)c1C.[2H]C([2H])([2H])c1ccc(-c2c(C)ccc3c2oc2c(-c4ccccc4)c([N+]#[C-])ccc23)[n+](C)c1C.[2H]c1c(C([2H])([2H])C(C)(C)C)c(C([2H])([2H])[2H])c(C)[n+](C)c1-c1c(C)ccc2c1oc1cc(-c3ccccc3)cc(C#N)c12.[2H]c1c(C([2H])([2H])C(C)C)c(C([2H])([2H])[2H])c(C)[n+](C)c1-c1c(C)ccc2c1oc1cc(-c3ccccc3)cc(C#N)c12. The highest BCUT2D eigenvalue weighted by molar-refractivity contribution is 6.18. The molecule has 0 fully saturated rings. The van der Waals surface area contributed by atoms with Gasteiger partial charge in [-0.15, -0.1) is 0 Å². The minimum absolute atomic E-state index is 0.130. The maximum absolute atomic E-state index is 10.1. The lowest BCUT2D eigenvalue weighted by molar-refractivity contribution is -0.667. The number of hydrogen-bond donors (Lipinski definition) is 0. The first kappa shape index (κ1) is 73.0. The molecule has 0 radical (unpaired) electrons. The second-order valence-corrected chi connectivity index (χ2v) is 36.3. The van der Waals surface area contributed by atoms with E-state index >= 15 is 0 Å². The Hall–Kier alpha value is -15.6. The van der Waals surface area contributed by atoms with Gasteiger partial charge < -0.3 is 17.7 Å². The molecule has 0 saturated heterocycles. The number of hydrogen-bond acceptors (Lipinski definition) is 6. The molecule has 0 saturated carbocycles. The predicted octanol–water partition coefficient (Wildman–Crippen LogP) is 31.1. The fourth-order valence-corrected chi connectivity index (χ4v) is 18.5. The summed E-state index contributed by atoms with van der Waals surface area (Å²) in [4.78, 5) is 7.55. The highest BCUT2D eigenvalue weighted by Crippen LogP contribution is 2.49. The molecule has 666 valence electrons. The van der Waals surface area contributed by atoms with Crippen LogP contribution in [0.1, 0.15) is 166 Å². The molecular formula is C123H114N8O4+4. The van der Waals surface area contributed by atoms with Crippen molar-refractivity contribution in [1.82, 2.24) is 0 Å². The van der Waals surface area contributed by atoms with Crippen LogP contribution in [0.25, 0.3) is 187 Å². The van der Waals surface area contributed by atoms with E-state index in [2.05, 4.69) is 76.6 Å². The maximum atomic E-state index is 10.1. The third-order valence-corrected chi connectivity index (χ3v) is 25.9. The van der Waals surface area contributed by atoms with Gasteiger partial charge in [-0.3, -0.25) is 0 Å². The third-order valence-electron chi connectivity index (χ3n) is 25.9. The normalized spacial score (nSPS) is 13.8. The van der Waals surface area contributed by atoms with Gasteiger partial charge in [0, 0.05) is 148 Å². The summed E-state index contributed by atoms with van der Waals surface area (Å²) < 4.78 is 170. The largest absolute Gasteiger partial charge is 0.456 e. The summed E-state index contributed by atoms with van der Waals surface area (Å²) in [6.45, 7) is 35.4. The van der Waals surface area contributed by atoms with Gasteiger partial charge in [-0.25, -0.2) is 9.69 Å². The first-order valence-electron chi connectivity index (χ1n) is 53.0. The van der Waals surface area contributed by atoms with Crippen molar-refractivity contribution in [3.05, 3.63) is 367 Å². The Morgan fingerprint density at radius 2 is 0.719 bits per heavy atom. The highest BCUT2D eigenvalue weighted by atomic mass is 16.3. The molecule has 12 heteroatoms. The van der Waals surface area contributed by atoms with Crippen molar-refractivity contribution in [2.75, 3.05) is 0 Å². The molecule has 0 aliphatic rings. The zero-order valence-corrected chi connectivity index (χ0v) is 79.4. The quantitative estimate of drug-likeness (QED) is 0.0886. The zero-order chi connectivity index (χ0) is 109. The smallest absolute Gasteiger partial charge is 0.216 e. The Bertz CT molecular complexity index is 8900. The molecule has 20 aromatic rings. The van der Waals surface area contributed by atoms with Crippen molar-refractivity contribution in [1.29, 1.82) is 10.5 Å². The van der Waals surface area contributed by atoms with Crippen LogP contribution in [0.15, 0.2) is 272 Å². The van der Waals surface area contributed by atoms with Gasteiger partial charge in [0.1, 0.15) is 72.9 Å². The fraction of sp³-hybridized carbons (Fsp3) is 0.220. The monoisotopic (exact) mass is 1780 g/mol. The number of benzene rings is 12. The standard InChI is InChI=1S/C33H33N2O.C32H31N2O.C30H27N2O.C28H23N2O/c1-20-13-14-27-31-26(19-34)15-24(23-11-9-8-10-12-23)17-29(31)36-32(27)30(20)28-16-25(18-33(4,5)6)21(2)22(3)35(28)7;1-19(2)14-24-16-28(34(6)22(5)21(24)4)30-20(3)12-13-27-31-26(18-33)15-25(17-29(31)35-32(27)30)23-10-8-7-9-11-23;1-18(2)22-15-17-26(32(6)20(22)4)27-19(3)12-13-23-24-14-16-25(31-5)28(30(24)33-29(23)27)21-10-8-7-9-11-21;1-17-12-16-24(30(5)19(17)3)25-18(2)11-13-21-22-14-15-23(29-4)26(28(22)31-27(21)25)20-9-7-6-8-10-20/h8-17H,18H2,1-7H3;7-13,15-17,19H,14H2,1-6H3;7-18H,1-4,6H3;6-16H,1-3,5H3/q4*+1/i2D3,16D,18D2;4D3,14D2,16D;18D;1D3. The van der Waals surface area contributed by atoms with E-state index < -0.39 is 50.5 Å². The Balaban J connectivity index is 0.000000137. The highest BCUT2D eigenvalue weighted by Gasteiger charge is 2.33. The number of nitrogens with zero attached hydrogens (tertiary/aromatic N) is 8. The number of aromatic nitrogens is 4. The number of furan rings is 4. The summed E-state index contributed by atoms with van der Waals surface area (Å²) in [5.74, 6) is -1.26. The Kier molecular flexibility index (Phi) is 19.9. The molecule has 135 heavy (non-hydrogen) atoms. The van der Waals surface area contributed by atoms with Gasteiger partial charge in [-0.1, -0.05) is 243 Å². The van der Waals surface area contributed by atoms with Crippen molar-refractivity contribution < 1.29 is 57.9 Å². The van der Waals surface area contributed by atoms with Crippen LogP contribution in [0, 0.1) is 123 Å². The summed E-state index contributed by atoms with van der Waals surface area (Å²) in [5.41, 5.74) is 25.7. The molecule has 8 aromatic heterocycles. The van der Waals surface area contributed by atoms with Gasteiger partial charge in [-0.05, 0) is 181 Å². The second kappa shape index (κ2) is 36.9. The van der Waals surface area contributed by atoms with Gasteiger partial charge in [0.15, 0.2) is 34.2 Å². The molecule has 8 heterocycles. The molecule has 20 rings (SSSR count). The summed E-state index contributed by atoms with van der Waals surface area (Å²) in [6.07, 6.45) is -4.22. The topological polar surface area (TPSA) is 124 Å². The molecule has 0 aliphatic heterocycles. The Morgan fingerprint density at radius 1 is 0.378 bits per heavy atom. The lowest BCUT2D eigenvalue weighted by atomic mass is 9.85. The van der Waals surface area contributed by atoms with Crippen molar-refractivity contribution in [3.8, 4) is 102 Å². The van der Waals surface area contributed by atoms with Gasteiger partial charge in [0.2, 0.25) is 22.8 Å². The van der Waals surface area contributed by atoms with Gasteiger partial charge in [0.25, 0.3) is 0 Å². The number of rotatable bonds is 12. The average molecular weight is 1780 g/mol. The Morgan fingerprint density at radius 3 is 1.10 bits per heavy atom. The summed E-state index contributed by atoms with van der Waals surface area (Å²) in [7, 11) is 7.33. The average Bonchev–Trinajstić information content (AvgIpc) is 1.21. The van der Waals surface area contributed by atoms with E-state index in [0.717, 1.165) is 139 Å². The lowest BCUT2D eigenvalue weighted by Gasteiger charge is -2.20. The molecule has 0 bridgehead atoms. The van der Waals surface area contributed by atoms with Crippen LogP contribution in [0.5, 0.6) is 0 Å². The maximum Gasteiger partial charge on any atom is 0.216 e. The van der Waals surface area contributed by atoms with Crippen LogP contribution in [-0.2, 0) is 40.9 Å². The van der Waals surface area contributed by atoms with Crippen molar-refractivity contribution in [2.24, 2.45) is 39.5 Å². The molecule has 0 aliphatic carbocycles. The molecule has 12 aromatic carbocycles. The van der Waals surface area contributed by atoms with Gasteiger partial charge in [0.05, 0.1) is 61.4 Å². The lowest BCUT2D eigenvalue weighted by Crippen LogP contribution is -2.36. The molecule has 0 unspecified atom stereocenters. The van der Waals surface area contributed by atoms with E-state index in [4.69, 9.17) is 50.0 Å². The van der Waals surface area contributed by atoms with Crippen LogP contribution >= 0.6 is 0 Å². The van der Waals surface area contributed by atoms with Crippen LogP contribution in [-0.4, -0.2) is 0 Å². The van der Waals surface area contributed by atoms with E-state index in [9.17, 15) is 13.3 Å². The molecule has 0 spiro atoms. The van der Waals surface area contributed by atoms with Crippen LogP contribution < -0.4 is 18.3 Å². The third kappa shape index (κ3) is 16.8. The van der Waals surface area contributed by atoms with E-state index in [1.54, 1.807) is 77.8 Å². The van der Waals surface area contributed by atoms with E-state index in [0.29, 0.717) is 117 Å². The van der Waals surface area contributed by atoms with Gasteiger partial charge >= 0.3 is 0 Å². The summed E-state index contributed by atoms with van der Waals surface area (Å²) in [5, 5.41) is 26.9. The molecule has 0 N–H and O–H groups in total. The predicted molar refractivity (Wildman–Crippen MR) is 553 cm³/mol. The zero-order valence-electron chi connectivity index (χ0n) is 95.4. The summed E-state index contributed by atoms with van der Waals surface area (Å²) in [6, 6.07) is 82.3. The second-order valence-electron chi connectivity index (χ2n) is 36.3. The Labute approximate surface area is 814 Å². The molecular weight excluding hydrogens is 1650 g/mol. The first-order chi connectivity index (χ1) is 71.1. The number of nitriles is 2. The molecule has 0 atom stereocenters. The number of aryl methyl sites for hydroxylation is 5. The minimum Gasteiger partial charge on any atom is -0.456 e. The molecule has 0 amide bonds. The minimum atomic E-state index is -2.64. The van der Waals surface area contributed by atoms with E-state index in [1.165, 1.54) is 0 Å². The summed E-state index contributed by atoms with van der Waals surface area (Å²) >= 11 is 0. The van der Waals surface area contributed by atoms with Crippen molar-refractivity contribution >= 4 is 99.1 Å². The van der Waals surface area contributed by atoms with Crippen LogP contribution in [0.4, 0.5) is 11.4 Å². The van der Waals surface area contributed by atoms with Gasteiger partial charge in [-0.2, -0.15) is 28.8 Å². The van der Waals surface area contributed by atoms with Crippen molar-refractivity contribution in [2.45, 2.75) is 143 Å². The van der Waals surface area contributed by atoms with Crippen molar-refractivity contribution in [3.63, 3.8) is 0 Å².